The van der Waals surface area contributed by atoms with E-state index < -0.39 is 23.8 Å². The molecule has 0 bridgehead atoms. The molecule has 9 nitrogen and oxygen atoms in total. The lowest BCUT2D eigenvalue weighted by atomic mass is 10.1. The molecule has 0 atom stereocenters. The lowest BCUT2D eigenvalue weighted by Gasteiger charge is -2.26. The number of imide groups is 2. The van der Waals surface area contributed by atoms with Crippen molar-refractivity contribution in [2.24, 2.45) is 5.73 Å². The van der Waals surface area contributed by atoms with Crippen molar-refractivity contribution in [1.29, 1.82) is 0 Å². The van der Waals surface area contributed by atoms with E-state index >= 15 is 0 Å². The smallest absolute Gasteiger partial charge is 0.335 e. The number of amides is 5. The van der Waals surface area contributed by atoms with E-state index in [1.54, 1.807) is 12.1 Å². The lowest BCUT2D eigenvalue weighted by Crippen LogP contribution is -2.54. The Bertz CT molecular complexity index is 1060. The second-order valence-corrected chi connectivity index (χ2v) is 6.51. The molecule has 0 aromatic heterocycles. The average Bonchev–Trinajstić information content (AvgIpc) is 2.70. The molecular formula is C20H16ClN3O6. The fourth-order valence-corrected chi connectivity index (χ4v) is 2.91. The zero-order valence-electron chi connectivity index (χ0n) is 15.7. The van der Waals surface area contributed by atoms with Gasteiger partial charge >= 0.3 is 6.03 Å². The van der Waals surface area contributed by atoms with Gasteiger partial charge in [0.1, 0.15) is 17.1 Å². The first-order chi connectivity index (χ1) is 14.3. The number of urea groups is 1. The van der Waals surface area contributed by atoms with Gasteiger partial charge in [0.05, 0.1) is 17.8 Å². The number of hydrogen-bond donors (Lipinski definition) is 2. The summed E-state index contributed by atoms with van der Waals surface area (Å²) in [7, 11) is 1.49. The van der Waals surface area contributed by atoms with Crippen LogP contribution in [0.4, 0.5) is 10.5 Å². The summed E-state index contributed by atoms with van der Waals surface area (Å²) in [6.45, 7) is -0.347. The van der Waals surface area contributed by atoms with E-state index in [0.29, 0.717) is 11.3 Å². The molecule has 5 amide bonds. The van der Waals surface area contributed by atoms with Gasteiger partial charge in [0.15, 0.2) is 6.61 Å². The Balaban J connectivity index is 1.90. The van der Waals surface area contributed by atoms with Crippen LogP contribution < -0.4 is 25.4 Å². The summed E-state index contributed by atoms with van der Waals surface area (Å²) in [5.74, 6) is -1.53. The minimum atomic E-state index is -0.861. The molecule has 0 radical (unpaired) electrons. The number of halogens is 1. The van der Waals surface area contributed by atoms with Crippen LogP contribution in [0.5, 0.6) is 11.5 Å². The highest BCUT2D eigenvalue weighted by Gasteiger charge is 2.36. The lowest BCUT2D eigenvalue weighted by molar-refractivity contribution is -0.123. The van der Waals surface area contributed by atoms with Crippen molar-refractivity contribution in [3.05, 3.63) is 58.6 Å². The van der Waals surface area contributed by atoms with Crippen LogP contribution in [-0.2, 0) is 14.4 Å². The number of hydrogen-bond acceptors (Lipinski definition) is 6. The molecule has 10 heteroatoms. The third-order valence-electron chi connectivity index (χ3n) is 4.07. The summed E-state index contributed by atoms with van der Waals surface area (Å²) in [5.41, 5.74) is 5.45. The molecule has 1 aliphatic heterocycles. The van der Waals surface area contributed by atoms with Crippen molar-refractivity contribution in [2.45, 2.75) is 0 Å². The molecule has 1 aliphatic rings. The average molecular weight is 430 g/mol. The number of primary amides is 1. The van der Waals surface area contributed by atoms with E-state index in [1.165, 1.54) is 43.5 Å². The molecule has 2 aromatic carbocycles. The minimum Gasteiger partial charge on any atom is -0.497 e. The fraction of sp³-hybridized carbons (Fsp3) is 0.100. The van der Waals surface area contributed by atoms with Crippen molar-refractivity contribution >= 4 is 47.1 Å². The summed E-state index contributed by atoms with van der Waals surface area (Å²) in [6.07, 6.45) is 1.30. The van der Waals surface area contributed by atoms with E-state index in [9.17, 15) is 19.2 Å². The van der Waals surface area contributed by atoms with Crippen LogP contribution in [0.15, 0.2) is 48.0 Å². The molecule has 0 spiro atoms. The largest absolute Gasteiger partial charge is 0.497 e. The molecule has 0 unspecified atom stereocenters. The van der Waals surface area contributed by atoms with Crippen LogP contribution in [0, 0.1) is 0 Å². The number of nitrogens with one attached hydrogen (secondary N) is 1. The van der Waals surface area contributed by atoms with E-state index in [4.69, 9.17) is 26.8 Å². The van der Waals surface area contributed by atoms with Gasteiger partial charge in [-0.3, -0.25) is 19.7 Å². The number of anilines is 1. The Morgan fingerprint density at radius 1 is 1.17 bits per heavy atom. The van der Waals surface area contributed by atoms with Gasteiger partial charge < -0.3 is 15.2 Å². The number of ether oxygens (including phenoxy) is 2. The van der Waals surface area contributed by atoms with Gasteiger partial charge in [-0.15, -0.1) is 0 Å². The maximum atomic E-state index is 12.9. The fourth-order valence-electron chi connectivity index (χ4n) is 2.66. The monoisotopic (exact) mass is 429 g/mol. The van der Waals surface area contributed by atoms with Crippen LogP contribution in [0.1, 0.15) is 5.56 Å². The molecule has 3 N–H and O–H groups in total. The number of carbonyl (C=O) groups excluding carboxylic acids is 4. The Kier molecular flexibility index (Phi) is 6.03. The molecule has 2 aromatic rings. The molecule has 154 valence electrons. The van der Waals surface area contributed by atoms with Crippen molar-refractivity contribution in [2.75, 3.05) is 18.6 Å². The standard InChI is InChI=1S/C20H16ClN3O6/c1-29-13-5-3-12(4-6-13)24-19(27)14(18(26)23-20(24)28)8-11-2-7-16(15(21)9-11)30-10-17(22)25/h2-9H,10H2,1H3,(H2,22,25)(H,23,26,28)/b14-8+. The highest BCUT2D eigenvalue weighted by molar-refractivity contribution is 6.39. The number of carbonyl (C=O) groups is 4. The SMILES string of the molecule is COc1ccc(N2C(=O)NC(=O)/C(=C\c3ccc(OCC(N)=O)c(Cl)c3)C2=O)cc1. The van der Waals surface area contributed by atoms with Gasteiger partial charge in [-0.05, 0) is 48.0 Å². The van der Waals surface area contributed by atoms with Gasteiger partial charge in [0.25, 0.3) is 17.7 Å². The molecular weight excluding hydrogens is 414 g/mol. The maximum absolute atomic E-state index is 12.9. The van der Waals surface area contributed by atoms with E-state index in [0.717, 1.165) is 4.90 Å². The first-order valence-electron chi connectivity index (χ1n) is 8.56. The van der Waals surface area contributed by atoms with Gasteiger partial charge in [0, 0.05) is 0 Å². The summed E-state index contributed by atoms with van der Waals surface area (Å²) < 4.78 is 10.2. The van der Waals surface area contributed by atoms with E-state index in [-0.39, 0.29) is 28.6 Å². The number of nitrogens with zero attached hydrogens (tertiary/aromatic N) is 1. The first-order valence-corrected chi connectivity index (χ1v) is 8.94. The van der Waals surface area contributed by atoms with Crippen LogP contribution in [-0.4, -0.2) is 37.5 Å². The summed E-state index contributed by atoms with van der Waals surface area (Å²) in [4.78, 5) is 49.0. The number of benzene rings is 2. The second-order valence-electron chi connectivity index (χ2n) is 6.10. The molecule has 0 saturated carbocycles. The Hall–Kier alpha value is -3.85. The molecule has 1 saturated heterocycles. The summed E-state index contributed by atoms with van der Waals surface area (Å²) in [5, 5.41) is 2.28. The Labute approximate surface area is 176 Å². The normalized spacial score (nSPS) is 15.2. The molecule has 30 heavy (non-hydrogen) atoms. The third-order valence-corrected chi connectivity index (χ3v) is 4.36. The number of barbiturate groups is 1. The number of methoxy groups -OCH3 is 1. The van der Waals surface area contributed by atoms with Gasteiger partial charge in [-0.25, -0.2) is 9.69 Å². The second kappa shape index (κ2) is 8.66. The van der Waals surface area contributed by atoms with Crippen molar-refractivity contribution in [3.8, 4) is 11.5 Å². The van der Waals surface area contributed by atoms with Gasteiger partial charge in [-0.2, -0.15) is 0 Å². The van der Waals surface area contributed by atoms with Crippen LogP contribution in [0.3, 0.4) is 0 Å². The minimum absolute atomic E-state index is 0.150. The predicted octanol–water partition coefficient (Wildman–Crippen LogP) is 1.88. The molecule has 1 fully saturated rings. The Morgan fingerprint density at radius 3 is 2.47 bits per heavy atom. The van der Waals surface area contributed by atoms with Crippen molar-refractivity contribution in [3.63, 3.8) is 0 Å². The number of rotatable bonds is 6. The van der Waals surface area contributed by atoms with Crippen molar-refractivity contribution < 1.29 is 28.7 Å². The highest BCUT2D eigenvalue weighted by atomic mass is 35.5. The zero-order valence-corrected chi connectivity index (χ0v) is 16.4. The number of nitrogens with two attached hydrogens (primary N) is 1. The van der Waals surface area contributed by atoms with Crippen molar-refractivity contribution in [1.82, 2.24) is 5.32 Å². The molecule has 1 heterocycles. The van der Waals surface area contributed by atoms with E-state index in [1.807, 2.05) is 0 Å². The van der Waals surface area contributed by atoms with E-state index in [2.05, 4.69) is 5.32 Å². The molecule has 0 aliphatic carbocycles. The highest BCUT2D eigenvalue weighted by Crippen LogP contribution is 2.28. The molecule has 3 rings (SSSR count). The van der Waals surface area contributed by atoms with Crippen LogP contribution in [0.25, 0.3) is 6.08 Å². The Morgan fingerprint density at radius 2 is 1.87 bits per heavy atom. The van der Waals surface area contributed by atoms with Gasteiger partial charge in [0.2, 0.25) is 0 Å². The predicted molar refractivity (Wildman–Crippen MR) is 108 cm³/mol. The third kappa shape index (κ3) is 4.41. The summed E-state index contributed by atoms with van der Waals surface area (Å²) >= 11 is 6.11. The summed E-state index contributed by atoms with van der Waals surface area (Å²) in [6, 6.07) is 9.79. The quantitative estimate of drug-likeness (QED) is 0.533. The van der Waals surface area contributed by atoms with Gasteiger partial charge in [-0.1, -0.05) is 17.7 Å². The topological polar surface area (TPSA) is 128 Å². The maximum Gasteiger partial charge on any atom is 0.335 e. The van der Waals surface area contributed by atoms with Crippen LogP contribution in [0.2, 0.25) is 5.02 Å². The van der Waals surface area contributed by atoms with Crippen LogP contribution >= 0.6 is 11.6 Å². The first kappa shape index (κ1) is 20.9. The zero-order chi connectivity index (χ0) is 21.8.